The maximum absolute atomic E-state index is 12.7. The topological polar surface area (TPSA) is 67.2 Å². The summed E-state index contributed by atoms with van der Waals surface area (Å²) in [4.78, 5) is 0.304. The van der Waals surface area contributed by atoms with Gasteiger partial charge < -0.3 is 5.32 Å². The Kier molecular flexibility index (Phi) is 5.70. The first-order chi connectivity index (χ1) is 9.96. The molecule has 0 saturated carbocycles. The molecule has 2 rings (SSSR count). The summed E-state index contributed by atoms with van der Waals surface area (Å²) in [5.41, 5.74) is 0. The van der Waals surface area contributed by atoms with Gasteiger partial charge in [-0.3, -0.25) is 4.68 Å². The molecule has 1 saturated heterocycles. The van der Waals surface area contributed by atoms with Gasteiger partial charge in [-0.1, -0.05) is 6.92 Å². The lowest BCUT2D eigenvalue weighted by Crippen LogP contribution is -2.47. The highest BCUT2D eigenvalue weighted by Gasteiger charge is 2.35. The molecule has 1 aliphatic rings. The lowest BCUT2D eigenvalue weighted by Gasteiger charge is -2.36. The van der Waals surface area contributed by atoms with Crippen LogP contribution in [0.5, 0.6) is 0 Å². The van der Waals surface area contributed by atoms with Crippen molar-refractivity contribution in [3.63, 3.8) is 0 Å². The van der Waals surface area contributed by atoms with Gasteiger partial charge >= 0.3 is 0 Å². The van der Waals surface area contributed by atoms with Crippen LogP contribution in [0, 0.1) is 0 Å². The predicted octanol–water partition coefficient (Wildman–Crippen LogP) is 1.01. The molecule has 2 unspecified atom stereocenters. The quantitative estimate of drug-likeness (QED) is 0.788. The van der Waals surface area contributed by atoms with Gasteiger partial charge in [0, 0.05) is 36.3 Å². The van der Waals surface area contributed by atoms with Crippen molar-refractivity contribution in [2.45, 2.75) is 43.0 Å². The van der Waals surface area contributed by atoms with Gasteiger partial charge in [0.05, 0.1) is 6.20 Å². The molecule has 0 bridgehead atoms. The van der Waals surface area contributed by atoms with Gasteiger partial charge in [0.25, 0.3) is 0 Å². The molecular formula is C13H24N4O2S2. The number of sulfonamides is 1. The van der Waals surface area contributed by atoms with E-state index in [9.17, 15) is 8.42 Å². The zero-order chi connectivity index (χ0) is 15.5. The molecule has 1 aromatic heterocycles. The van der Waals surface area contributed by atoms with Gasteiger partial charge in [0.1, 0.15) is 4.90 Å². The fourth-order valence-corrected chi connectivity index (χ4v) is 5.35. The summed E-state index contributed by atoms with van der Waals surface area (Å²) in [6.45, 7) is 6.24. The van der Waals surface area contributed by atoms with Crippen molar-refractivity contribution in [3.8, 4) is 0 Å². The number of thioether (sulfide) groups is 1. The van der Waals surface area contributed by atoms with E-state index in [4.69, 9.17) is 0 Å². The molecule has 120 valence electrons. The SMILES string of the molecule is CNCCCn1cc(S(=O)(=O)N2CCSC(C)C2C)cn1. The summed E-state index contributed by atoms with van der Waals surface area (Å²) in [5.74, 6) is 0.848. The average Bonchev–Trinajstić information content (AvgIpc) is 2.91. The maximum atomic E-state index is 12.7. The molecule has 1 N–H and O–H groups in total. The first kappa shape index (κ1) is 16.8. The monoisotopic (exact) mass is 332 g/mol. The zero-order valence-corrected chi connectivity index (χ0v) is 14.5. The molecule has 6 nitrogen and oxygen atoms in total. The number of hydrogen-bond donors (Lipinski definition) is 1. The van der Waals surface area contributed by atoms with E-state index < -0.39 is 10.0 Å². The second-order valence-corrected chi connectivity index (χ2v) is 8.70. The van der Waals surface area contributed by atoms with Crippen molar-refractivity contribution in [2.24, 2.45) is 0 Å². The smallest absolute Gasteiger partial charge is 0.246 e. The van der Waals surface area contributed by atoms with E-state index in [2.05, 4.69) is 17.3 Å². The van der Waals surface area contributed by atoms with Crippen LogP contribution >= 0.6 is 11.8 Å². The molecule has 0 aromatic carbocycles. The summed E-state index contributed by atoms with van der Waals surface area (Å²) in [6.07, 6.45) is 4.03. The van der Waals surface area contributed by atoms with Gasteiger partial charge in [-0.2, -0.15) is 21.2 Å². The van der Waals surface area contributed by atoms with Crippen molar-refractivity contribution >= 4 is 21.8 Å². The molecule has 0 spiro atoms. The number of hydrogen-bond acceptors (Lipinski definition) is 5. The van der Waals surface area contributed by atoms with Crippen LogP contribution in [-0.2, 0) is 16.6 Å². The van der Waals surface area contributed by atoms with Crippen molar-refractivity contribution in [1.82, 2.24) is 19.4 Å². The average molecular weight is 332 g/mol. The molecule has 21 heavy (non-hydrogen) atoms. The normalized spacial score (nSPS) is 24.3. The van der Waals surface area contributed by atoms with Gasteiger partial charge in [-0.25, -0.2) is 8.42 Å². The predicted molar refractivity (Wildman–Crippen MR) is 86.0 cm³/mol. The van der Waals surface area contributed by atoms with Gasteiger partial charge in [0.2, 0.25) is 10.0 Å². The Morgan fingerprint density at radius 3 is 2.95 bits per heavy atom. The third kappa shape index (κ3) is 3.80. The number of nitrogens with one attached hydrogen (secondary N) is 1. The highest BCUT2D eigenvalue weighted by Crippen LogP contribution is 2.29. The molecule has 2 atom stereocenters. The van der Waals surface area contributed by atoms with E-state index >= 15 is 0 Å². The van der Waals surface area contributed by atoms with Crippen LogP contribution in [0.3, 0.4) is 0 Å². The lowest BCUT2D eigenvalue weighted by atomic mass is 10.2. The number of aromatic nitrogens is 2. The third-order valence-corrected chi connectivity index (χ3v) is 7.13. The first-order valence-corrected chi connectivity index (χ1v) is 9.76. The second kappa shape index (κ2) is 7.13. The lowest BCUT2D eigenvalue weighted by molar-refractivity contribution is 0.340. The highest BCUT2D eigenvalue weighted by atomic mass is 32.2. The molecule has 0 aliphatic carbocycles. The third-order valence-electron chi connectivity index (χ3n) is 3.86. The van der Waals surface area contributed by atoms with Crippen LogP contribution < -0.4 is 5.32 Å². The zero-order valence-electron chi connectivity index (χ0n) is 12.8. The Labute approximate surface area is 131 Å². The minimum Gasteiger partial charge on any atom is -0.320 e. The Bertz CT molecular complexity index is 558. The highest BCUT2D eigenvalue weighted by molar-refractivity contribution is 8.00. The Morgan fingerprint density at radius 2 is 2.24 bits per heavy atom. The van der Waals surface area contributed by atoms with Crippen LogP contribution in [0.2, 0.25) is 0 Å². The molecule has 1 aliphatic heterocycles. The summed E-state index contributed by atoms with van der Waals surface area (Å²) < 4.78 is 28.8. The van der Waals surface area contributed by atoms with Crippen molar-refractivity contribution < 1.29 is 8.42 Å². The van der Waals surface area contributed by atoms with Crippen LogP contribution in [0.4, 0.5) is 0 Å². The van der Waals surface area contributed by atoms with E-state index in [1.807, 2.05) is 25.7 Å². The van der Waals surface area contributed by atoms with E-state index in [1.54, 1.807) is 15.2 Å². The van der Waals surface area contributed by atoms with Crippen LogP contribution in [0.1, 0.15) is 20.3 Å². The fraction of sp³-hybridized carbons (Fsp3) is 0.769. The Morgan fingerprint density at radius 1 is 1.48 bits per heavy atom. The molecular weight excluding hydrogens is 308 g/mol. The van der Waals surface area contributed by atoms with Crippen LogP contribution in [0.25, 0.3) is 0 Å². The number of rotatable bonds is 6. The van der Waals surface area contributed by atoms with Gasteiger partial charge in [0.15, 0.2) is 0 Å². The summed E-state index contributed by atoms with van der Waals surface area (Å²) in [6, 6.07) is 0.0152. The molecule has 0 radical (unpaired) electrons. The second-order valence-electron chi connectivity index (χ2n) is 5.33. The van der Waals surface area contributed by atoms with Crippen molar-refractivity contribution in [1.29, 1.82) is 0 Å². The molecule has 1 fully saturated rings. The molecule has 8 heteroatoms. The van der Waals surface area contributed by atoms with Crippen molar-refractivity contribution in [3.05, 3.63) is 12.4 Å². The molecule has 2 heterocycles. The summed E-state index contributed by atoms with van der Waals surface area (Å²) in [7, 11) is -1.53. The van der Waals surface area contributed by atoms with Crippen LogP contribution in [-0.4, -0.2) is 59.7 Å². The minimum absolute atomic E-state index is 0.0152. The fourth-order valence-electron chi connectivity index (χ4n) is 2.40. The first-order valence-electron chi connectivity index (χ1n) is 7.27. The van der Waals surface area contributed by atoms with Crippen LogP contribution in [0.15, 0.2) is 17.3 Å². The minimum atomic E-state index is -3.43. The van der Waals surface area contributed by atoms with Gasteiger partial charge in [-0.05, 0) is 26.9 Å². The van der Waals surface area contributed by atoms with E-state index in [0.29, 0.717) is 16.7 Å². The van der Waals surface area contributed by atoms with E-state index in [-0.39, 0.29) is 6.04 Å². The number of nitrogens with zero attached hydrogens (tertiary/aromatic N) is 3. The van der Waals surface area contributed by atoms with E-state index in [1.165, 1.54) is 6.20 Å². The van der Waals surface area contributed by atoms with Gasteiger partial charge in [-0.15, -0.1) is 0 Å². The molecule has 0 amide bonds. The summed E-state index contributed by atoms with van der Waals surface area (Å²) in [5, 5.41) is 7.56. The van der Waals surface area contributed by atoms with E-state index in [0.717, 1.165) is 25.3 Å². The Balaban J connectivity index is 2.12. The molecule has 1 aromatic rings. The number of aryl methyl sites for hydroxylation is 1. The summed E-state index contributed by atoms with van der Waals surface area (Å²) >= 11 is 1.83. The largest absolute Gasteiger partial charge is 0.320 e. The maximum Gasteiger partial charge on any atom is 0.246 e. The standard InChI is InChI=1S/C13H24N4O2S2/c1-11-12(2)20-8-7-17(11)21(18,19)13-9-15-16(10-13)6-4-5-14-3/h9-12,14H,4-8H2,1-3H3. The Hall–Kier alpha value is -0.570. The van der Waals surface area contributed by atoms with Crippen molar-refractivity contribution in [2.75, 3.05) is 25.9 Å².